The molecular formula is C23H31NO2. The van der Waals surface area contributed by atoms with Crippen LogP contribution in [0.1, 0.15) is 50.3 Å². The van der Waals surface area contributed by atoms with Gasteiger partial charge in [-0.15, -0.1) is 0 Å². The number of nitrogens with one attached hydrogen (secondary N) is 1. The summed E-state index contributed by atoms with van der Waals surface area (Å²) in [6.07, 6.45) is 2.15. The van der Waals surface area contributed by atoms with Crippen molar-refractivity contribution in [3.8, 4) is 5.75 Å². The molecular weight excluding hydrogens is 322 g/mol. The predicted molar refractivity (Wildman–Crippen MR) is 108 cm³/mol. The molecule has 2 rings (SSSR count). The van der Waals surface area contributed by atoms with Gasteiger partial charge in [0.25, 0.3) is 0 Å². The normalized spacial score (nSPS) is 12.5. The van der Waals surface area contributed by atoms with E-state index in [9.17, 15) is 4.79 Å². The summed E-state index contributed by atoms with van der Waals surface area (Å²) >= 11 is 0. The third-order valence-corrected chi connectivity index (χ3v) is 4.88. The molecule has 1 atom stereocenters. The fourth-order valence-corrected chi connectivity index (χ4v) is 3.52. The Hall–Kier alpha value is -2.29. The van der Waals surface area contributed by atoms with E-state index >= 15 is 0 Å². The Morgan fingerprint density at radius 1 is 1.15 bits per heavy atom. The molecule has 1 N–H and O–H groups in total. The number of methoxy groups -OCH3 is 1. The van der Waals surface area contributed by atoms with E-state index in [0.717, 1.165) is 29.7 Å². The highest BCUT2D eigenvalue weighted by Gasteiger charge is 2.23. The van der Waals surface area contributed by atoms with E-state index in [2.05, 4.69) is 56.4 Å². The first kappa shape index (κ1) is 20.0. The van der Waals surface area contributed by atoms with Gasteiger partial charge in [0.2, 0.25) is 5.91 Å². The van der Waals surface area contributed by atoms with Crippen LogP contribution in [-0.4, -0.2) is 19.1 Å². The third-order valence-electron chi connectivity index (χ3n) is 4.88. The van der Waals surface area contributed by atoms with Gasteiger partial charge in [-0.2, -0.15) is 0 Å². The van der Waals surface area contributed by atoms with Crippen molar-refractivity contribution in [2.75, 3.05) is 7.11 Å². The lowest BCUT2D eigenvalue weighted by molar-refractivity contribution is -0.121. The lowest BCUT2D eigenvalue weighted by Gasteiger charge is -2.29. The summed E-state index contributed by atoms with van der Waals surface area (Å²) in [6.45, 7) is 8.56. The van der Waals surface area contributed by atoms with E-state index < -0.39 is 0 Å². The van der Waals surface area contributed by atoms with Crippen molar-refractivity contribution < 1.29 is 9.53 Å². The highest BCUT2D eigenvalue weighted by Crippen LogP contribution is 2.28. The Morgan fingerprint density at radius 2 is 1.85 bits per heavy atom. The fraction of sp³-hybridized carbons (Fsp3) is 0.435. The molecule has 0 unspecified atom stereocenters. The largest absolute Gasteiger partial charge is 0.496 e. The minimum atomic E-state index is 0.0288. The zero-order chi connectivity index (χ0) is 19.2. The second-order valence-corrected chi connectivity index (χ2v) is 7.73. The van der Waals surface area contributed by atoms with Crippen molar-refractivity contribution >= 4 is 5.91 Å². The molecule has 2 aromatic rings. The van der Waals surface area contributed by atoms with Gasteiger partial charge in [0, 0.05) is 12.5 Å². The van der Waals surface area contributed by atoms with Gasteiger partial charge in [-0.05, 0) is 54.9 Å². The molecule has 0 heterocycles. The topological polar surface area (TPSA) is 38.3 Å². The summed E-state index contributed by atoms with van der Waals surface area (Å²) in [5.74, 6) is 0.991. The molecule has 0 radical (unpaired) electrons. The van der Waals surface area contributed by atoms with Gasteiger partial charge in [0.1, 0.15) is 5.75 Å². The summed E-state index contributed by atoms with van der Waals surface area (Å²) in [4.78, 5) is 12.3. The monoisotopic (exact) mass is 353 g/mol. The number of amides is 1. The maximum absolute atomic E-state index is 12.3. The lowest BCUT2D eigenvalue weighted by atomic mass is 9.79. The molecule has 0 saturated carbocycles. The van der Waals surface area contributed by atoms with Crippen LogP contribution >= 0.6 is 0 Å². The molecule has 2 aromatic carbocycles. The zero-order valence-corrected chi connectivity index (χ0v) is 16.6. The first-order valence-corrected chi connectivity index (χ1v) is 9.30. The van der Waals surface area contributed by atoms with Crippen LogP contribution in [0.3, 0.4) is 0 Å². The van der Waals surface area contributed by atoms with E-state index in [1.807, 2.05) is 25.1 Å². The van der Waals surface area contributed by atoms with Crippen LogP contribution < -0.4 is 10.1 Å². The highest BCUT2D eigenvalue weighted by molar-refractivity contribution is 5.76. The second-order valence-electron chi connectivity index (χ2n) is 7.73. The van der Waals surface area contributed by atoms with Crippen molar-refractivity contribution in [3.63, 3.8) is 0 Å². The molecule has 0 bridgehead atoms. The van der Waals surface area contributed by atoms with Crippen molar-refractivity contribution in [3.05, 3.63) is 65.2 Å². The summed E-state index contributed by atoms with van der Waals surface area (Å²) in [5, 5.41) is 3.15. The van der Waals surface area contributed by atoms with Gasteiger partial charge in [-0.3, -0.25) is 4.79 Å². The molecule has 3 heteroatoms. The number of aryl methyl sites for hydroxylation is 2. The average Bonchev–Trinajstić information content (AvgIpc) is 2.60. The van der Waals surface area contributed by atoms with E-state index in [-0.39, 0.29) is 17.4 Å². The SMILES string of the molecule is COc1ccc(CCC(=O)N[C@@H](C)CC(C)(C)c2ccccc2)cc1C. The minimum absolute atomic E-state index is 0.0288. The van der Waals surface area contributed by atoms with Crippen molar-refractivity contribution in [2.24, 2.45) is 0 Å². The maximum atomic E-state index is 12.3. The van der Waals surface area contributed by atoms with Crippen LogP contribution in [0.5, 0.6) is 5.75 Å². The van der Waals surface area contributed by atoms with E-state index in [1.165, 1.54) is 5.56 Å². The van der Waals surface area contributed by atoms with Crippen LogP contribution in [-0.2, 0) is 16.6 Å². The smallest absolute Gasteiger partial charge is 0.220 e. The standard InChI is InChI=1S/C23H31NO2/c1-17-15-19(11-13-21(17)26-5)12-14-22(25)24-18(2)16-23(3,4)20-9-7-6-8-10-20/h6-11,13,15,18H,12,14,16H2,1-5H3,(H,24,25)/t18-/m0/s1. The first-order valence-electron chi connectivity index (χ1n) is 9.30. The molecule has 0 aliphatic carbocycles. The van der Waals surface area contributed by atoms with Crippen LogP contribution in [0.2, 0.25) is 0 Å². The molecule has 3 nitrogen and oxygen atoms in total. The number of carbonyl (C=O) groups is 1. The van der Waals surface area contributed by atoms with E-state index in [0.29, 0.717) is 6.42 Å². The molecule has 140 valence electrons. The van der Waals surface area contributed by atoms with Gasteiger partial charge in [-0.1, -0.05) is 56.3 Å². The predicted octanol–water partition coefficient (Wildman–Crippen LogP) is 4.81. The Bertz CT molecular complexity index is 722. The van der Waals surface area contributed by atoms with Gasteiger partial charge >= 0.3 is 0 Å². The molecule has 0 saturated heterocycles. The summed E-state index contributed by atoms with van der Waals surface area (Å²) in [5.41, 5.74) is 3.59. The van der Waals surface area contributed by atoms with Gasteiger partial charge < -0.3 is 10.1 Å². The molecule has 1 amide bonds. The van der Waals surface area contributed by atoms with Crippen molar-refractivity contribution in [1.29, 1.82) is 0 Å². The summed E-state index contributed by atoms with van der Waals surface area (Å²) in [7, 11) is 1.67. The zero-order valence-electron chi connectivity index (χ0n) is 16.6. The number of rotatable bonds is 8. The number of carbonyl (C=O) groups excluding carboxylic acids is 1. The van der Waals surface area contributed by atoms with Crippen LogP contribution in [0, 0.1) is 6.92 Å². The van der Waals surface area contributed by atoms with Gasteiger partial charge in [0.15, 0.2) is 0 Å². The first-order chi connectivity index (χ1) is 12.3. The quantitative estimate of drug-likeness (QED) is 0.740. The van der Waals surface area contributed by atoms with Gasteiger partial charge in [-0.25, -0.2) is 0 Å². The Kier molecular flexibility index (Phi) is 6.84. The summed E-state index contributed by atoms with van der Waals surface area (Å²) in [6, 6.07) is 16.7. The van der Waals surface area contributed by atoms with Crippen molar-refractivity contribution in [1.82, 2.24) is 5.32 Å². The Balaban J connectivity index is 1.84. The van der Waals surface area contributed by atoms with Crippen molar-refractivity contribution in [2.45, 2.75) is 58.4 Å². The fourth-order valence-electron chi connectivity index (χ4n) is 3.52. The second kappa shape index (κ2) is 8.88. The van der Waals surface area contributed by atoms with E-state index in [1.54, 1.807) is 7.11 Å². The molecule has 26 heavy (non-hydrogen) atoms. The third kappa shape index (κ3) is 5.62. The Labute approximate surface area is 157 Å². The molecule has 0 aliphatic heterocycles. The van der Waals surface area contributed by atoms with E-state index in [4.69, 9.17) is 4.74 Å². The number of hydrogen-bond donors (Lipinski definition) is 1. The highest BCUT2D eigenvalue weighted by atomic mass is 16.5. The van der Waals surface area contributed by atoms with Crippen LogP contribution in [0.15, 0.2) is 48.5 Å². The Morgan fingerprint density at radius 3 is 2.46 bits per heavy atom. The minimum Gasteiger partial charge on any atom is -0.496 e. The molecule has 0 aliphatic rings. The average molecular weight is 354 g/mol. The molecule has 0 aromatic heterocycles. The van der Waals surface area contributed by atoms with Crippen LogP contribution in [0.4, 0.5) is 0 Å². The number of hydrogen-bond acceptors (Lipinski definition) is 2. The number of ether oxygens (including phenoxy) is 1. The molecule has 0 spiro atoms. The summed E-state index contributed by atoms with van der Waals surface area (Å²) < 4.78 is 5.28. The maximum Gasteiger partial charge on any atom is 0.220 e. The molecule has 0 fully saturated rings. The van der Waals surface area contributed by atoms with Crippen LogP contribution in [0.25, 0.3) is 0 Å². The van der Waals surface area contributed by atoms with Gasteiger partial charge in [0.05, 0.1) is 7.11 Å². The number of benzene rings is 2. The lowest BCUT2D eigenvalue weighted by Crippen LogP contribution is -2.37.